The van der Waals surface area contributed by atoms with Crippen LogP contribution in [0.4, 0.5) is 0 Å². The summed E-state index contributed by atoms with van der Waals surface area (Å²) in [5.41, 5.74) is 0.597. The van der Waals surface area contributed by atoms with Crippen LogP contribution in [0.1, 0.15) is 49.6 Å². The molecule has 1 N–H and O–H groups in total. The first-order valence-corrected chi connectivity index (χ1v) is 6.70. The quantitative estimate of drug-likeness (QED) is 0.886. The normalized spacial score (nSPS) is 15.3. The van der Waals surface area contributed by atoms with Crippen molar-refractivity contribution in [2.45, 2.75) is 45.2 Å². The van der Waals surface area contributed by atoms with E-state index in [1.165, 1.54) is 11.3 Å². The Kier molecular flexibility index (Phi) is 3.93. The van der Waals surface area contributed by atoms with Crippen LogP contribution in [0, 0.1) is 0 Å². The maximum absolute atomic E-state index is 12.5. The van der Waals surface area contributed by atoms with Crippen molar-refractivity contribution in [3.8, 4) is 0 Å². The maximum Gasteiger partial charge on any atom is 0.323 e. The monoisotopic (exact) mass is 264 g/mol. The van der Waals surface area contributed by atoms with Gasteiger partial charge in [0.25, 0.3) is 5.91 Å². The molecule has 0 saturated heterocycles. The summed E-state index contributed by atoms with van der Waals surface area (Å²) in [6.07, 6.45) is 5.29. The Bertz CT molecular complexity index is 475. The van der Waals surface area contributed by atoms with Crippen molar-refractivity contribution in [1.82, 2.24) is 9.47 Å². The molecule has 5 heteroatoms. The van der Waals surface area contributed by atoms with Gasteiger partial charge in [0.15, 0.2) is 0 Å². The molecule has 0 aromatic carbocycles. The molecule has 2 rings (SSSR count). The van der Waals surface area contributed by atoms with Gasteiger partial charge >= 0.3 is 5.97 Å². The van der Waals surface area contributed by atoms with E-state index >= 15 is 0 Å². The van der Waals surface area contributed by atoms with Gasteiger partial charge in [0, 0.05) is 18.3 Å². The SMILES string of the molecule is CC(C)N(CC(=O)O)C(=O)c1cccn1C1CCC1. The molecule has 0 radical (unpaired) electrons. The molecule has 1 heterocycles. The molecule has 5 nitrogen and oxygen atoms in total. The van der Waals surface area contributed by atoms with Crippen LogP contribution in [-0.2, 0) is 4.79 Å². The summed E-state index contributed by atoms with van der Waals surface area (Å²) >= 11 is 0. The van der Waals surface area contributed by atoms with Crippen LogP contribution < -0.4 is 0 Å². The molecule has 1 aromatic rings. The molecular formula is C14H20N2O3. The van der Waals surface area contributed by atoms with Crippen molar-refractivity contribution in [3.05, 3.63) is 24.0 Å². The molecule has 1 aromatic heterocycles. The van der Waals surface area contributed by atoms with E-state index in [1.54, 1.807) is 6.07 Å². The van der Waals surface area contributed by atoms with E-state index < -0.39 is 5.97 Å². The number of hydrogen-bond acceptors (Lipinski definition) is 2. The molecule has 0 unspecified atom stereocenters. The summed E-state index contributed by atoms with van der Waals surface area (Å²) in [6.45, 7) is 3.40. The van der Waals surface area contributed by atoms with E-state index in [0.717, 1.165) is 12.8 Å². The summed E-state index contributed by atoms with van der Waals surface area (Å²) < 4.78 is 1.99. The molecule has 0 bridgehead atoms. The molecule has 0 atom stereocenters. The van der Waals surface area contributed by atoms with Gasteiger partial charge in [-0.05, 0) is 45.2 Å². The lowest BCUT2D eigenvalue weighted by Gasteiger charge is -2.31. The fraction of sp³-hybridized carbons (Fsp3) is 0.571. The van der Waals surface area contributed by atoms with Gasteiger partial charge in [-0.2, -0.15) is 0 Å². The van der Waals surface area contributed by atoms with E-state index in [0.29, 0.717) is 11.7 Å². The molecule has 1 amide bonds. The first-order chi connectivity index (χ1) is 9.00. The first kappa shape index (κ1) is 13.6. The van der Waals surface area contributed by atoms with E-state index in [2.05, 4.69) is 0 Å². The number of nitrogens with zero attached hydrogens (tertiary/aromatic N) is 2. The molecule has 1 aliphatic carbocycles. The van der Waals surface area contributed by atoms with Crippen LogP contribution in [-0.4, -0.2) is 39.0 Å². The van der Waals surface area contributed by atoms with E-state index in [-0.39, 0.29) is 18.5 Å². The molecule has 1 aliphatic rings. The molecule has 1 fully saturated rings. The Morgan fingerprint density at radius 1 is 1.47 bits per heavy atom. The third-order valence-corrected chi connectivity index (χ3v) is 3.66. The minimum atomic E-state index is -0.983. The van der Waals surface area contributed by atoms with Gasteiger partial charge in [-0.15, -0.1) is 0 Å². The highest BCUT2D eigenvalue weighted by Gasteiger charge is 2.27. The van der Waals surface area contributed by atoms with Gasteiger partial charge in [-0.25, -0.2) is 0 Å². The van der Waals surface area contributed by atoms with Gasteiger partial charge in [-0.3, -0.25) is 9.59 Å². The summed E-state index contributed by atoms with van der Waals surface area (Å²) in [5, 5.41) is 8.91. The number of amides is 1. The lowest BCUT2D eigenvalue weighted by molar-refractivity contribution is -0.138. The second kappa shape index (κ2) is 5.47. The summed E-state index contributed by atoms with van der Waals surface area (Å²) in [5.74, 6) is -1.18. The zero-order valence-electron chi connectivity index (χ0n) is 11.4. The number of carbonyl (C=O) groups is 2. The Balaban J connectivity index is 2.21. The zero-order valence-corrected chi connectivity index (χ0v) is 11.4. The van der Waals surface area contributed by atoms with Crippen LogP contribution in [0.15, 0.2) is 18.3 Å². The summed E-state index contributed by atoms with van der Waals surface area (Å²) in [4.78, 5) is 24.8. The lowest BCUT2D eigenvalue weighted by Crippen LogP contribution is -2.41. The highest BCUT2D eigenvalue weighted by atomic mass is 16.4. The average molecular weight is 264 g/mol. The number of carbonyl (C=O) groups excluding carboxylic acids is 1. The minimum absolute atomic E-state index is 0.131. The van der Waals surface area contributed by atoms with Crippen molar-refractivity contribution < 1.29 is 14.7 Å². The van der Waals surface area contributed by atoms with E-state index in [9.17, 15) is 9.59 Å². The second-order valence-corrected chi connectivity index (χ2v) is 5.31. The van der Waals surface area contributed by atoms with Gasteiger partial charge < -0.3 is 14.6 Å². The number of carboxylic acid groups (broad SMARTS) is 1. The standard InChI is InChI=1S/C14H20N2O3/c1-10(2)16(9-13(17)18)14(19)12-7-4-8-15(12)11-5-3-6-11/h4,7-8,10-11H,3,5-6,9H2,1-2H3,(H,17,18). The Morgan fingerprint density at radius 3 is 2.63 bits per heavy atom. The predicted octanol–water partition coefficient (Wildman–Crippen LogP) is 2.15. The molecule has 19 heavy (non-hydrogen) atoms. The summed E-state index contributed by atoms with van der Waals surface area (Å²) in [6, 6.07) is 3.89. The number of rotatable bonds is 5. The van der Waals surface area contributed by atoms with Crippen LogP contribution in [0.5, 0.6) is 0 Å². The topological polar surface area (TPSA) is 62.5 Å². The average Bonchev–Trinajstić information content (AvgIpc) is 2.70. The van der Waals surface area contributed by atoms with Gasteiger partial charge in [0.05, 0.1) is 0 Å². The highest BCUT2D eigenvalue weighted by molar-refractivity contribution is 5.94. The van der Waals surface area contributed by atoms with Crippen LogP contribution in [0.2, 0.25) is 0 Å². The first-order valence-electron chi connectivity index (χ1n) is 6.70. The highest BCUT2D eigenvalue weighted by Crippen LogP contribution is 2.33. The van der Waals surface area contributed by atoms with E-state index in [1.807, 2.05) is 30.7 Å². The third-order valence-electron chi connectivity index (χ3n) is 3.66. The van der Waals surface area contributed by atoms with Gasteiger partial charge in [0.2, 0.25) is 0 Å². The van der Waals surface area contributed by atoms with Crippen LogP contribution >= 0.6 is 0 Å². The third kappa shape index (κ3) is 2.80. The fourth-order valence-electron chi connectivity index (χ4n) is 2.34. The van der Waals surface area contributed by atoms with Crippen molar-refractivity contribution in [2.75, 3.05) is 6.54 Å². The summed E-state index contributed by atoms with van der Waals surface area (Å²) in [7, 11) is 0. The van der Waals surface area contributed by atoms with Crippen LogP contribution in [0.25, 0.3) is 0 Å². The minimum Gasteiger partial charge on any atom is -0.480 e. The fourth-order valence-corrected chi connectivity index (χ4v) is 2.34. The molecule has 104 valence electrons. The number of aliphatic carboxylic acids is 1. The van der Waals surface area contributed by atoms with Gasteiger partial charge in [-0.1, -0.05) is 0 Å². The molecule has 1 saturated carbocycles. The Morgan fingerprint density at radius 2 is 2.16 bits per heavy atom. The second-order valence-electron chi connectivity index (χ2n) is 5.31. The van der Waals surface area contributed by atoms with Crippen molar-refractivity contribution in [1.29, 1.82) is 0 Å². The van der Waals surface area contributed by atoms with Crippen molar-refractivity contribution in [2.24, 2.45) is 0 Å². The number of carboxylic acids is 1. The molecule has 0 aliphatic heterocycles. The smallest absolute Gasteiger partial charge is 0.323 e. The Hall–Kier alpha value is -1.78. The van der Waals surface area contributed by atoms with Crippen LogP contribution in [0.3, 0.4) is 0 Å². The zero-order chi connectivity index (χ0) is 14.0. The number of aromatic nitrogens is 1. The maximum atomic E-state index is 12.5. The largest absolute Gasteiger partial charge is 0.480 e. The van der Waals surface area contributed by atoms with E-state index in [4.69, 9.17) is 5.11 Å². The van der Waals surface area contributed by atoms with Crippen molar-refractivity contribution >= 4 is 11.9 Å². The molecule has 0 spiro atoms. The van der Waals surface area contributed by atoms with Gasteiger partial charge in [0.1, 0.15) is 12.2 Å². The predicted molar refractivity (Wildman–Crippen MR) is 71.1 cm³/mol. The Labute approximate surface area is 112 Å². The van der Waals surface area contributed by atoms with Crippen molar-refractivity contribution in [3.63, 3.8) is 0 Å². The lowest BCUT2D eigenvalue weighted by atomic mass is 9.93. The number of hydrogen-bond donors (Lipinski definition) is 1. The molecular weight excluding hydrogens is 244 g/mol.